The van der Waals surface area contributed by atoms with E-state index in [1.807, 2.05) is 11.4 Å². The molecule has 2 rings (SSSR count). The number of amides is 3. The molecule has 176 valence electrons. The fraction of sp³-hybridized carbons (Fsp3) is 0.400. The van der Waals surface area contributed by atoms with Gasteiger partial charge in [0.05, 0.1) is 18.5 Å². The van der Waals surface area contributed by atoms with E-state index in [1.165, 1.54) is 11.9 Å². The van der Waals surface area contributed by atoms with Gasteiger partial charge in [-0.25, -0.2) is 5.53 Å². The highest BCUT2D eigenvalue weighted by Crippen LogP contribution is 2.25. The Bertz CT molecular complexity index is 960. The molecule has 33 heavy (non-hydrogen) atoms. The Morgan fingerprint density at radius 2 is 2.00 bits per heavy atom. The summed E-state index contributed by atoms with van der Waals surface area (Å²) in [5.41, 5.74) is 6.94. The molecule has 0 aliphatic carbocycles. The third kappa shape index (κ3) is 7.30. The Kier molecular flexibility index (Phi) is 8.49. The van der Waals surface area contributed by atoms with Crippen LogP contribution in [0.2, 0.25) is 0 Å². The van der Waals surface area contributed by atoms with Crippen molar-refractivity contribution >= 4 is 23.4 Å². The van der Waals surface area contributed by atoms with Crippen LogP contribution >= 0.6 is 0 Å². The van der Waals surface area contributed by atoms with Crippen LogP contribution in [0.15, 0.2) is 47.3 Å². The third-order valence-electron chi connectivity index (χ3n) is 4.78. The van der Waals surface area contributed by atoms with Gasteiger partial charge in [0.2, 0.25) is 11.8 Å². The SMILES string of the molecule is CN(CC(=O)N1CC(C(=O)Nc2ccccc2)CC1C#N)C(=O)/C(=C/NCC(F)(F)F)N=N. The number of likely N-dealkylation sites (tertiary alicyclic amines) is 1. The maximum atomic E-state index is 12.7. The molecule has 1 fully saturated rings. The van der Waals surface area contributed by atoms with Crippen molar-refractivity contribution in [3.8, 4) is 6.07 Å². The zero-order valence-electron chi connectivity index (χ0n) is 17.6. The van der Waals surface area contributed by atoms with Gasteiger partial charge in [-0.1, -0.05) is 18.2 Å². The van der Waals surface area contributed by atoms with Gasteiger partial charge in [-0.05, 0) is 18.6 Å². The Balaban J connectivity index is 1.98. The summed E-state index contributed by atoms with van der Waals surface area (Å²) in [5.74, 6) is -2.57. The normalized spacial score (nSPS) is 18.3. The summed E-state index contributed by atoms with van der Waals surface area (Å²) in [6.07, 6.45) is -3.77. The van der Waals surface area contributed by atoms with Crippen molar-refractivity contribution in [1.29, 1.82) is 10.8 Å². The number of halogens is 3. The number of alkyl halides is 3. The second-order valence-corrected chi connectivity index (χ2v) is 7.28. The molecule has 0 spiro atoms. The van der Waals surface area contributed by atoms with Gasteiger partial charge in [0.1, 0.15) is 12.6 Å². The van der Waals surface area contributed by atoms with E-state index in [4.69, 9.17) is 5.53 Å². The molecule has 1 aromatic carbocycles. The number of benzene rings is 1. The van der Waals surface area contributed by atoms with Crippen LogP contribution < -0.4 is 10.6 Å². The number of nitrogens with zero attached hydrogens (tertiary/aromatic N) is 4. The molecule has 0 radical (unpaired) electrons. The quantitative estimate of drug-likeness (QED) is 0.397. The second-order valence-electron chi connectivity index (χ2n) is 7.28. The number of likely N-dealkylation sites (N-methyl/N-ethyl adjacent to an activating group) is 1. The summed E-state index contributed by atoms with van der Waals surface area (Å²) < 4.78 is 36.7. The molecule has 1 aromatic rings. The lowest BCUT2D eigenvalue weighted by Gasteiger charge is -2.23. The van der Waals surface area contributed by atoms with Gasteiger partial charge in [-0.15, -0.1) is 0 Å². The first-order valence-corrected chi connectivity index (χ1v) is 9.74. The number of hydrogen-bond donors (Lipinski definition) is 3. The van der Waals surface area contributed by atoms with E-state index in [1.54, 1.807) is 30.3 Å². The van der Waals surface area contributed by atoms with Gasteiger partial charge in [0, 0.05) is 25.5 Å². The molecule has 10 nitrogen and oxygen atoms in total. The van der Waals surface area contributed by atoms with Gasteiger partial charge in [-0.2, -0.15) is 23.5 Å². The van der Waals surface area contributed by atoms with Crippen molar-refractivity contribution in [2.24, 2.45) is 11.0 Å². The number of para-hydroxylation sites is 1. The minimum atomic E-state index is -4.53. The summed E-state index contributed by atoms with van der Waals surface area (Å²) in [7, 11) is 1.21. The fourth-order valence-electron chi connectivity index (χ4n) is 3.16. The predicted molar refractivity (Wildman–Crippen MR) is 109 cm³/mol. The van der Waals surface area contributed by atoms with Gasteiger partial charge in [0.15, 0.2) is 5.70 Å². The van der Waals surface area contributed by atoms with E-state index in [0.717, 1.165) is 4.90 Å². The first-order valence-electron chi connectivity index (χ1n) is 9.74. The molecular weight excluding hydrogens is 443 g/mol. The summed E-state index contributed by atoms with van der Waals surface area (Å²) >= 11 is 0. The molecule has 3 N–H and O–H groups in total. The average Bonchev–Trinajstić information content (AvgIpc) is 3.21. The molecule has 0 saturated carbocycles. The van der Waals surface area contributed by atoms with Crippen LogP contribution in [0.3, 0.4) is 0 Å². The molecule has 13 heteroatoms. The monoisotopic (exact) mass is 465 g/mol. The largest absolute Gasteiger partial charge is 0.405 e. The van der Waals surface area contributed by atoms with E-state index < -0.39 is 48.7 Å². The van der Waals surface area contributed by atoms with Crippen molar-refractivity contribution in [2.75, 3.05) is 32.0 Å². The lowest BCUT2D eigenvalue weighted by molar-refractivity contribution is -0.137. The molecule has 0 aromatic heterocycles. The van der Waals surface area contributed by atoms with Crippen LogP contribution in [0, 0.1) is 22.8 Å². The number of nitrogens with one attached hydrogen (secondary N) is 3. The molecule has 2 unspecified atom stereocenters. The van der Waals surface area contributed by atoms with E-state index in [0.29, 0.717) is 11.9 Å². The molecule has 1 saturated heterocycles. The number of hydrogen-bond acceptors (Lipinski definition) is 7. The van der Waals surface area contributed by atoms with E-state index >= 15 is 0 Å². The Labute approximate surface area is 187 Å². The maximum Gasteiger partial charge on any atom is 0.405 e. The van der Waals surface area contributed by atoms with E-state index in [9.17, 15) is 32.8 Å². The summed E-state index contributed by atoms with van der Waals surface area (Å²) in [6, 6.07) is 9.77. The smallest absolute Gasteiger partial charge is 0.380 e. The highest BCUT2D eigenvalue weighted by molar-refractivity contribution is 5.96. The number of carbonyl (C=O) groups is 3. The average molecular weight is 465 g/mol. The number of nitriles is 1. The summed E-state index contributed by atoms with van der Waals surface area (Å²) in [4.78, 5) is 39.6. The van der Waals surface area contributed by atoms with Crippen LogP contribution in [0.25, 0.3) is 0 Å². The zero-order valence-corrected chi connectivity index (χ0v) is 17.6. The second kappa shape index (κ2) is 11.1. The predicted octanol–water partition coefficient (Wildman–Crippen LogP) is 1.85. The topological polar surface area (TPSA) is 142 Å². The summed E-state index contributed by atoms with van der Waals surface area (Å²) in [5, 5.41) is 16.9. The van der Waals surface area contributed by atoms with Crippen molar-refractivity contribution in [2.45, 2.75) is 18.6 Å². The minimum Gasteiger partial charge on any atom is -0.380 e. The fourth-order valence-corrected chi connectivity index (χ4v) is 3.16. The van der Waals surface area contributed by atoms with Gasteiger partial charge < -0.3 is 20.4 Å². The summed E-state index contributed by atoms with van der Waals surface area (Å²) in [6.45, 7) is -1.97. The van der Waals surface area contributed by atoms with Crippen molar-refractivity contribution in [3.05, 3.63) is 42.2 Å². The molecular formula is C20H22F3N7O3. The van der Waals surface area contributed by atoms with Crippen LogP contribution in [-0.4, -0.2) is 66.4 Å². The van der Waals surface area contributed by atoms with E-state index in [-0.39, 0.29) is 18.9 Å². The zero-order chi connectivity index (χ0) is 24.6. The van der Waals surface area contributed by atoms with Gasteiger partial charge >= 0.3 is 6.18 Å². The number of carbonyl (C=O) groups excluding carboxylic acids is 3. The maximum absolute atomic E-state index is 12.7. The highest BCUT2D eigenvalue weighted by Gasteiger charge is 2.39. The lowest BCUT2D eigenvalue weighted by Crippen LogP contribution is -2.43. The Morgan fingerprint density at radius 1 is 1.33 bits per heavy atom. The number of rotatable bonds is 8. The van der Waals surface area contributed by atoms with E-state index in [2.05, 4.69) is 10.4 Å². The van der Waals surface area contributed by atoms with Crippen LogP contribution in [0.4, 0.5) is 18.9 Å². The first kappa shape index (κ1) is 25.3. The van der Waals surface area contributed by atoms with Gasteiger partial charge in [-0.3, -0.25) is 14.4 Å². The molecule has 2 atom stereocenters. The third-order valence-corrected chi connectivity index (χ3v) is 4.78. The van der Waals surface area contributed by atoms with Crippen molar-refractivity contribution in [3.63, 3.8) is 0 Å². The molecule has 3 amide bonds. The van der Waals surface area contributed by atoms with Crippen LogP contribution in [0.1, 0.15) is 6.42 Å². The Hall–Kier alpha value is -3.95. The minimum absolute atomic E-state index is 0.0313. The first-order chi connectivity index (χ1) is 15.6. The highest BCUT2D eigenvalue weighted by atomic mass is 19.4. The van der Waals surface area contributed by atoms with Crippen LogP contribution in [0.5, 0.6) is 0 Å². The van der Waals surface area contributed by atoms with Crippen molar-refractivity contribution < 1.29 is 27.6 Å². The molecule has 1 heterocycles. The standard InChI is InChI=1S/C20H22F3N7O3/c1-29(19(33)16(28-25)9-26-12-20(21,22)23)11-17(31)30-10-13(7-15(30)8-24)18(32)27-14-5-3-2-4-6-14/h2-6,9,13,15,25-26H,7,10-12H2,1H3,(H,27,32)/b16-9-,28-25?. The number of anilines is 1. The van der Waals surface area contributed by atoms with Gasteiger partial charge in [0.25, 0.3) is 5.91 Å². The van der Waals surface area contributed by atoms with Crippen molar-refractivity contribution in [1.82, 2.24) is 15.1 Å². The molecule has 1 aliphatic heterocycles. The molecule has 0 bridgehead atoms. The van der Waals surface area contributed by atoms with Crippen LogP contribution in [-0.2, 0) is 14.4 Å². The lowest BCUT2D eigenvalue weighted by atomic mass is 10.1. The molecule has 1 aliphatic rings. The Morgan fingerprint density at radius 3 is 2.58 bits per heavy atom.